The van der Waals surface area contributed by atoms with E-state index < -0.39 is 48.8 Å². The lowest BCUT2D eigenvalue weighted by Crippen LogP contribution is -2.41. The van der Waals surface area contributed by atoms with Crippen LogP contribution < -0.4 is 15.6 Å². The summed E-state index contributed by atoms with van der Waals surface area (Å²) in [5.74, 6) is -2.28. The monoisotopic (exact) mass is 656 g/mol. The van der Waals surface area contributed by atoms with Crippen LogP contribution in [0.3, 0.4) is 0 Å². The number of carbonyl (C=O) groups excluding carboxylic acids is 1. The molecule has 4 heterocycles. The third-order valence-corrected chi connectivity index (χ3v) is 10.3. The summed E-state index contributed by atoms with van der Waals surface area (Å²) >= 11 is 0. The molecule has 0 spiro atoms. The van der Waals surface area contributed by atoms with Crippen molar-refractivity contribution in [1.82, 2.24) is 13.9 Å². The van der Waals surface area contributed by atoms with E-state index >= 15 is 0 Å². The summed E-state index contributed by atoms with van der Waals surface area (Å²) in [6, 6.07) is 16.6. The molecule has 0 atom stereocenters. The molecule has 0 bridgehead atoms. The largest absolute Gasteiger partial charge is 0.505 e. The third kappa shape index (κ3) is 5.38. The van der Waals surface area contributed by atoms with E-state index in [1.807, 2.05) is 13.8 Å². The molecule has 0 fully saturated rings. The van der Waals surface area contributed by atoms with E-state index in [-0.39, 0.29) is 38.2 Å². The van der Waals surface area contributed by atoms with Gasteiger partial charge in [0.1, 0.15) is 5.82 Å². The summed E-state index contributed by atoms with van der Waals surface area (Å²) < 4.78 is 61.7. The van der Waals surface area contributed by atoms with Crippen LogP contribution >= 0.6 is 0 Å². The molecule has 236 valence electrons. The van der Waals surface area contributed by atoms with Crippen molar-refractivity contribution in [2.75, 3.05) is 25.5 Å². The first-order valence-electron chi connectivity index (χ1n) is 13.2. The molecule has 2 aromatic carbocycles. The number of aliphatic hydroxyl groups excluding tert-OH is 1. The van der Waals surface area contributed by atoms with E-state index in [0.717, 1.165) is 15.7 Å². The van der Waals surface area contributed by atoms with Gasteiger partial charge in [0.2, 0.25) is 0 Å². The molecule has 0 amide bonds. The highest BCUT2D eigenvalue weighted by atomic mass is 32.2. The molecule has 6 rings (SSSR count). The number of pyridine rings is 1. The number of anilines is 1. The molecule has 2 aliphatic rings. The third-order valence-electron chi connectivity index (χ3n) is 6.65. The quantitative estimate of drug-likeness (QED) is 0.313. The molecule has 45 heavy (non-hydrogen) atoms. The minimum atomic E-state index is -3.93. The normalized spacial score (nSPS) is 15.2. The lowest BCUT2D eigenvalue weighted by molar-refractivity contribution is -0.137. The van der Waals surface area contributed by atoms with E-state index in [1.165, 1.54) is 50.6 Å². The highest BCUT2D eigenvalue weighted by Gasteiger charge is 2.39. The number of methoxy groups -OCH3 is 1. The highest BCUT2D eigenvalue weighted by molar-refractivity contribution is 7.93. The van der Waals surface area contributed by atoms with Gasteiger partial charge in [-0.2, -0.15) is 4.57 Å². The number of ether oxygens (including phenoxy) is 1. The van der Waals surface area contributed by atoms with Crippen LogP contribution in [0.4, 0.5) is 5.69 Å². The lowest BCUT2D eigenvalue weighted by Gasteiger charge is -2.27. The van der Waals surface area contributed by atoms with Crippen LogP contribution in [-0.2, 0) is 29.6 Å². The van der Waals surface area contributed by atoms with E-state index in [0.29, 0.717) is 4.57 Å². The first kappa shape index (κ1) is 32.7. The van der Waals surface area contributed by atoms with Crippen molar-refractivity contribution < 1.29 is 35.9 Å². The Morgan fingerprint density at radius 3 is 1.93 bits per heavy atom. The average molecular weight is 657 g/mol. The first-order valence-corrected chi connectivity index (χ1v) is 16.1. The predicted octanol–water partition coefficient (Wildman–Crippen LogP) is 2.74. The zero-order valence-corrected chi connectivity index (χ0v) is 26.3. The maximum absolute atomic E-state index is 12.9. The maximum Gasteiger partial charge on any atom is 0.428 e. The number of rotatable bonds is 2. The number of hydrogen-bond donors (Lipinski definition) is 1. The van der Waals surface area contributed by atoms with Crippen molar-refractivity contribution in [3.8, 4) is 17.1 Å². The zero-order valence-electron chi connectivity index (χ0n) is 24.7. The van der Waals surface area contributed by atoms with Gasteiger partial charge in [0.05, 0.1) is 16.9 Å². The minimum absolute atomic E-state index is 0.0249. The van der Waals surface area contributed by atoms with Crippen LogP contribution in [-0.4, -0.2) is 63.0 Å². The van der Waals surface area contributed by atoms with Crippen molar-refractivity contribution in [1.29, 1.82) is 0 Å². The van der Waals surface area contributed by atoms with E-state index in [2.05, 4.69) is 9.72 Å². The van der Waals surface area contributed by atoms with Crippen LogP contribution in [0, 0.1) is 0 Å². The van der Waals surface area contributed by atoms with Gasteiger partial charge in [-0.3, -0.25) is 13.4 Å². The number of sulfonamides is 2. The van der Waals surface area contributed by atoms with Crippen LogP contribution in [0.5, 0.6) is 0 Å². The molecule has 2 aliphatic heterocycles. The van der Waals surface area contributed by atoms with E-state index in [9.17, 15) is 36.3 Å². The average Bonchev–Trinajstić information content (AvgIpc) is 3.04. The Hall–Kier alpha value is -5.22. The van der Waals surface area contributed by atoms with Crippen molar-refractivity contribution in [2.45, 2.75) is 23.6 Å². The van der Waals surface area contributed by atoms with Crippen molar-refractivity contribution in [3.05, 3.63) is 105 Å². The molecular formula is C29H28N4O10S2. The van der Waals surface area contributed by atoms with Gasteiger partial charge in [0.15, 0.2) is 22.9 Å². The summed E-state index contributed by atoms with van der Waals surface area (Å²) in [6.45, 7) is 4.00. The maximum atomic E-state index is 12.9. The van der Waals surface area contributed by atoms with Gasteiger partial charge in [-0.15, -0.1) is 0 Å². The Balaban J connectivity index is 0.000000204. The fourth-order valence-corrected chi connectivity index (χ4v) is 7.29. The first-order chi connectivity index (χ1) is 21.3. The number of likely N-dealkylation sites (N-methyl/N-ethyl adjacent to an activating group) is 1. The fourth-order valence-electron chi connectivity index (χ4n) is 4.51. The summed E-state index contributed by atoms with van der Waals surface area (Å²) in [4.78, 5) is 40.7. The van der Waals surface area contributed by atoms with Crippen molar-refractivity contribution >= 4 is 37.5 Å². The number of aliphatic hydroxyl groups is 1. The lowest BCUT2D eigenvalue weighted by atomic mass is 10.1. The molecule has 16 heteroatoms. The Morgan fingerprint density at radius 2 is 1.36 bits per heavy atom. The van der Waals surface area contributed by atoms with Crippen LogP contribution in [0.25, 0.3) is 22.9 Å². The number of aromatic nitrogens is 2. The summed E-state index contributed by atoms with van der Waals surface area (Å²) in [5.41, 5.74) is -1.17. The van der Waals surface area contributed by atoms with E-state index in [1.54, 1.807) is 36.4 Å². The molecular weight excluding hydrogens is 628 g/mol. The molecule has 0 aliphatic carbocycles. The second-order valence-electron chi connectivity index (χ2n) is 9.00. The van der Waals surface area contributed by atoms with Crippen molar-refractivity contribution in [2.24, 2.45) is 0 Å². The summed E-state index contributed by atoms with van der Waals surface area (Å²) in [5, 5.41) is 10.00. The van der Waals surface area contributed by atoms with Gasteiger partial charge in [-0.1, -0.05) is 44.2 Å². The number of benzene rings is 2. The van der Waals surface area contributed by atoms with Crippen LogP contribution in [0.1, 0.15) is 19.4 Å². The Morgan fingerprint density at radius 1 is 0.822 bits per heavy atom. The Kier molecular flexibility index (Phi) is 9.02. The van der Waals surface area contributed by atoms with Crippen molar-refractivity contribution in [3.63, 3.8) is 0 Å². The highest BCUT2D eigenvalue weighted by Crippen LogP contribution is 2.39. The molecule has 1 N–H and O–H groups in total. The molecule has 0 saturated heterocycles. The second kappa shape index (κ2) is 12.4. The molecule has 14 nitrogen and oxygen atoms in total. The summed E-state index contributed by atoms with van der Waals surface area (Å²) in [7, 11) is -4.23. The number of carbonyl (C=O) groups is 1. The SMILES string of the molecule is CC.CN1c2c(oc(=O)n(-c3ccccn3)c2=O)-c2ccccc2S1(=O)=O.COC(=O)C1=C(O)c2ccccc2S(=O)(=O)N1C. The number of hydrogen-bond acceptors (Lipinski definition) is 11. The van der Waals surface area contributed by atoms with Gasteiger partial charge in [0.25, 0.3) is 25.6 Å². The molecule has 4 aromatic rings. The van der Waals surface area contributed by atoms with Gasteiger partial charge < -0.3 is 14.3 Å². The zero-order chi connectivity index (χ0) is 33.3. The molecule has 0 radical (unpaired) electrons. The minimum Gasteiger partial charge on any atom is -0.505 e. The van der Waals surface area contributed by atoms with Gasteiger partial charge in [0, 0.05) is 31.4 Å². The number of esters is 1. The summed E-state index contributed by atoms with van der Waals surface area (Å²) in [6.07, 6.45) is 1.41. The van der Waals surface area contributed by atoms with Crippen LogP contribution in [0.2, 0.25) is 0 Å². The van der Waals surface area contributed by atoms with Gasteiger partial charge in [-0.25, -0.2) is 31.4 Å². The molecule has 0 unspecified atom stereocenters. The molecule has 2 aromatic heterocycles. The molecule has 0 saturated carbocycles. The van der Waals surface area contributed by atoms with Gasteiger partial charge in [-0.05, 0) is 36.4 Å². The van der Waals surface area contributed by atoms with Crippen LogP contribution in [0.15, 0.2) is 102 Å². The Bertz CT molecular complexity index is 2160. The predicted molar refractivity (Wildman–Crippen MR) is 164 cm³/mol. The standard InChI is InChI=1S/C16H11N3O5S.C11H11NO5S.C2H6/c1-18-13-14(10-6-2-3-7-11(10)25(18,22)23)24-16(21)19(15(13)20)12-8-4-5-9-17-12;1-12-9(11(14)17-2)10(13)7-5-3-4-6-8(7)18(12,15)16;1-2/h2-9H,1H3;3-6,13H,1-2H3;1-2H3. The van der Waals surface area contributed by atoms with Gasteiger partial charge >= 0.3 is 11.7 Å². The number of nitrogens with zero attached hydrogens (tertiary/aromatic N) is 4. The topological polar surface area (TPSA) is 186 Å². The number of fused-ring (bicyclic) bond motifs is 4. The second-order valence-corrected chi connectivity index (χ2v) is 12.9. The fraction of sp³-hybridized carbons (Fsp3) is 0.172. The smallest absolute Gasteiger partial charge is 0.428 e. The Labute approximate surface area is 258 Å². The van der Waals surface area contributed by atoms with E-state index in [4.69, 9.17) is 4.42 Å².